The van der Waals surface area contributed by atoms with Gasteiger partial charge in [0.15, 0.2) is 4.90 Å². The summed E-state index contributed by atoms with van der Waals surface area (Å²) in [6.45, 7) is 1.91. The predicted molar refractivity (Wildman–Crippen MR) is 55.8 cm³/mol. The Balaban J connectivity index is 2.53. The highest BCUT2D eigenvalue weighted by molar-refractivity contribution is 7.90. The minimum atomic E-state index is -0.983. The summed E-state index contributed by atoms with van der Waals surface area (Å²) in [5.41, 5.74) is 2.83. The fraction of sp³-hybridized carbons (Fsp3) is 0.300. The highest BCUT2D eigenvalue weighted by Crippen LogP contribution is 2.30. The minimum absolute atomic E-state index is 0.0159. The molecule has 0 fully saturated rings. The van der Waals surface area contributed by atoms with Crippen molar-refractivity contribution in [2.75, 3.05) is 11.6 Å². The second kappa shape index (κ2) is 3.29. The fourth-order valence-electron chi connectivity index (χ4n) is 1.75. The van der Waals surface area contributed by atoms with Crippen LogP contribution in [0.1, 0.15) is 11.1 Å². The van der Waals surface area contributed by atoms with Gasteiger partial charge in [0.1, 0.15) is 6.26 Å². The van der Waals surface area contributed by atoms with Crippen LogP contribution in [-0.2, 0) is 22.4 Å². The summed E-state index contributed by atoms with van der Waals surface area (Å²) in [4.78, 5) is 12.0. The molecule has 1 amide bonds. The number of hydrogen-bond acceptors (Lipinski definition) is 2. The molecule has 4 heteroatoms. The van der Waals surface area contributed by atoms with E-state index >= 15 is 0 Å². The number of rotatable bonds is 1. The minimum Gasteiger partial charge on any atom is -0.612 e. The molecule has 1 heterocycles. The number of nitrogens with one attached hydrogen (secondary N) is 1. The maximum absolute atomic E-state index is 11.4. The lowest BCUT2D eigenvalue weighted by Gasteiger charge is -2.10. The van der Waals surface area contributed by atoms with Gasteiger partial charge in [-0.1, -0.05) is 0 Å². The average Bonchev–Trinajstić information content (AvgIpc) is 2.46. The highest BCUT2D eigenvalue weighted by Gasteiger charge is 2.23. The van der Waals surface area contributed by atoms with E-state index in [-0.39, 0.29) is 5.91 Å². The van der Waals surface area contributed by atoms with E-state index in [1.165, 1.54) is 0 Å². The molecule has 1 N–H and O–H groups in total. The van der Waals surface area contributed by atoms with E-state index in [1.807, 2.05) is 19.1 Å². The van der Waals surface area contributed by atoms with Gasteiger partial charge in [-0.15, -0.1) is 0 Å². The molecule has 2 rings (SSSR count). The van der Waals surface area contributed by atoms with Crippen LogP contribution in [0, 0.1) is 6.92 Å². The third-order valence-corrected chi connectivity index (χ3v) is 3.53. The molecule has 0 saturated heterocycles. The molecule has 0 spiro atoms. The Morgan fingerprint density at radius 3 is 2.86 bits per heavy atom. The average molecular weight is 209 g/mol. The zero-order chi connectivity index (χ0) is 10.3. The first-order valence-electron chi connectivity index (χ1n) is 4.35. The molecule has 3 nitrogen and oxygen atoms in total. The van der Waals surface area contributed by atoms with Gasteiger partial charge in [-0.05, 0) is 35.8 Å². The first kappa shape index (κ1) is 9.55. The van der Waals surface area contributed by atoms with Crippen molar-refractivity contribution in [2.24, 2.45) is 0 Å². The molecule has 0 radical (unpaired) electrons. The van der Waals surface area contributed by atoms with E-state index in [9.17, 15) is 9.35 Å². The van der Waals surface area contributed by atoms with Crippen molar-refractivity contribution >= 4 is 22.8 Å². The third-order valence-electron chi connectivity index (χ3n) is 2.47. The van der Waals surface area contributed by atoms with Crippen LogP contribution in [-0.4, -0.2) is 16.7 Å². The number of fused-ring (bicyclic) bond motifs is 1. The van der Waals surface area contributed by atoms with Crippen LogP contribution in [0.2, 0.25) is 0 Å². The molecule has 74 valence electrons. The van der Waals surface area contributed by atoms with Gasteiger partial charge in [-0.3, -0.25) is 4.79 Å². The molecule has 1 atom stereocenters. The van der Waals surface area contributed by atoms with Gasteiger partial charge in [0.2, 0.25) is 5.91 Å². The van der Waals surface area contributed by atoms with Crippen molar-refractivity contribution < 1.29 is 9.35 Å². The van der Waals surface area contributed by atoms with Crippen LogP contribution in [0.3, 0.4) is 0 Å². The number of anilines is 1. The summed E-state index contributed by atoms with van der Waals surface area (Å²) in [7, 11) is 0. The number of hydrogen-bond donors (Lipinski definition) is 1. The summed E-state index contributed by atoms with van der Waals surface area (Å²) in [5, 5.41) is 2.77. The van der Waals surface area contributed by atoms with Gasteiger partial charge in [-0.2, -0.15) is 0 Å². The maximum Gasteiger partial charge on any atom is 0.228 e. The Bertz CT molecular complexity index is 401. The van der Waals surface area contributed by atoms with Gasteiger partial charge in [0.25, 0.3) is 0 Å². The van der Waals surface area contributed by atoms with E-state index in [2.05, 4.69) is 5.32 Å². The van der Waals surface area contributed by atoms with E-state index in [0.717, 1.165) is 21.7 Å². The summed E-state index contributed by atoms with van der Waals surface area (Å²) in [6, 6.07) is 3.64. The number of benzene rings is 1. The topological polar surface area (TPSA) is 52.2 Å². The van der Waals surface area contributed by atoms with E-state index in [1.54, 1.807) is 6.26 Å². The van der Waals surface area contributed by atoms with Crippen molar-refractivity contribution in [2.45, 2.75) is 18.2 Å². The molecule has 0 bridgehead atoms. The standard InChI is InChI=1S/C10H11NO2S/c1-6-7-5-10(12)11-8(7)3-4-9(6)14(2)13/h3-4H,5H2,1-2H3,(H,11,12). The Hall–Kier alpha value is -1.00. The molecule has 1 aliphatic heterocycles. The van der Waals surface area contributed by atoms with Crippen LogP contribution in [0.25, 0.3) is 0 Å². The second-order valence-corrected chi connectivity index (χ2v) is 4.74. The fourth-order valence-corrected chi connectivity index (χ4v) is 2.56. The van der Waals surface area contributed by atoms with E-state index in [4.69, 9.17) is 0 Å². The van der Waals surface area contributed by atoms with Gasteiger partial charge >= 0.3 is 0 Å². The summed E-state index contributed by atoms with van der Waals surface area (Å²) < 4.78 is 11.4. The monoisotopic (exact) mass is 209 g/mol. The molecule has 0 saturated carbocycles. The van der Waals surface area contributed by atoms with Crippen molar-refractivity contribution in [1.82, 2.24) is 0 Å². The molecular weight excluding hydrogens is 198 g/mol. The summed E-state index contributed by atoms with van der Waals surface area (Å²) >= 11 is -0.983. The number of amides is 1. The van der Waals surface area contributed by atoms with Crippen LogP contribution in [0.15, 0.2) is 17.0 Å². The summed E-state index contributed by atoms with van der Waals surface area (Å²) in [6.07, 6.45) is 2.06. The van der Waals surface area contributed by atoms with Gasteiger partial charge < -0.3 is 9.87 Å². The quantitative estimate of drug-likeness (QED) is 0.707. The van der Waals surface area contributed by atoms with Crippen molar-refractivity contribution in [3.8, 4) is 0 Å². The van der Waals surface area contributed by atoms with Gasteiger partial charge in [0.05, 0.1) is 6.42 Å². The SMILES string of the molecule is Cc1c([S+](C)[O-])ccc2c1CC(=O)N2. The van der Waals surface area contributed by atoms with Crippen molar-refractivity contribution in [3.63, 3.8) is 0 Å². The van der Waals surface area contributed by atoms with Crippen molar-refractivity contribution in [3.05, 3.63) is 23.3 Å². The van der Waals surface area contributed by atoms with E-state index in [0.29, 0.717) is 6.42 Å². The zero-order valence-electron chi connectivity index (χ0n) is 8.09. The second-order valence-electron chi connectivity index (χ2n) is 3.39. The first-order chi connectivity index (χ1) is 6.59. The first-order valence-corrected chi connectivity index (χ1v) is 5.91. The summed E-state index contributed by atoms with van der Waals surface area (Å²) in [5.74, 6) is 0.0159. The molecule has 1 aliphatic rings. The lowest BCUT2D eigenvalue weighted by atomic mass is 10.1. The van der Waals surface area contributed by atoms with Crippen LogP contribution >= 0.6 is 0 Å². The maximum atomic E-state index is 11.4. The Morgan fingerprint density at radius 1 is 1.50 bits per heavy atom. The molecule has 1 aromatic carbocycles. The van der Waals surface area contributed by atoms with E-state index < -0.39 is 11.2 Å². The Labute approximate surface area is 85.7 Å². The predicted octanol–water partition coefficient (Wildman–Crippen LogP) is 1.23. The molecule has 1 aromatic rings. The molecule has 0 aromatic heterocycles. The van der Waals surface area contributed by atoms with Crippen LogP contribution in [0.4, 0.5) is 5.69 Å². The normalized spacial score (nSPS) is 16.4. The largest absolute Gasteiger partial charge is 0.612 e. The number of carbonyl (C=O) groups is 1. The molecule has 14 heavy (non-hydrogen) atoms. The smallest absolute Gasteiger partial charge is 0.228 e. The van der Waals surface area contributed by atoms with Crippen molar-refractivity contribution in [1.29, 1.82) is 0 Å². The van der Waals surface area contributed by atoms with Gasteiger partial charge in [0, 0.05) is 11.3 Å². The molecule has 0 aliphatic carbocycles. The van der Waals surface area contributed by atoms with Gasteiger partial charge in [-0.25, -0.2) is 0 Å². The molecular formula is C10H11NO2S. The zero-order valence-corrected chi connectivity index (χ0v) is 8.90. The molecule has 1 unspecified atom stereocenters. The Morgan fingerprint density at radius 2 is 2.21 bits per heavy atom. The third kappa shape index (κ3) is 1.40. The highest BCUT2D eigenvalue weighted by atomic mass is 32.2. The number of carbonyl (C=O) groups excluding carboxylic acids is 1. The van der Waals surface area contributed by atoms with Crippen LogP contribution < -0.4 is 5.32 Å². The van der Waals surface area contributed by atoms with Crippen LogP contribution in [0.5, 0.6) is 0 Å². The lowest BCUT2D eigenvalue weighted by Crippen LogP contribution is -2.03. The Kier molecular flexibility index (Phi) is 2.25. The lowest BCUT2D eigenvalue weighted by molar-refractivity contribution is -0.115.